The molecule has 122 valence electrons. The van der Waals surface area contributed by atoms with E-state index in [4.69, 9.17) is 10.5 Å². The van der Waals surface area contributed by atoms with Crippen LogP contribution in [0.1, 0.15) is 31.4 Å². The van der Waals surface area contributed by atoms with Crippen molar-refractivity contribution in [1.82, 2.24) is 4.98 Å². The van der Waals surface area contributed by atoms with E-state index in [0.29, 0.717) is 25.0 Å². The molecule has 5 heteroatoms. The highest BCUT2D eigenvalue weighted by Gasteiger charge is 1.99. The van der Waals surface area contributed by atoms with Crippen molar-refractivity contribution in [2.24, 2.45) is 10.7 Å². The summed E-state index contributed by atoms with van der Waals surface area (Å²) in [5.41, 5.74) is 9.13. The maximum atomic E-state index is 5.93. The van der Waals surface area contributed by atoms with Crippen LogP contribution in [0.15, 0.2) is 47.6 Å². The average Bonchev–Trinajstić information content (AvgIpc) is 2.59. The van der Waals surface area contributed by atoms with Gasteiger partial charge in [-0.3, -0.25) is 0 Å². The van der Waals surface area contributed by atoms with Crippen molar-refractivity contribution < 1.29 is 4.74 Å². The molecule has 1 aromatic carbocycles. The number of aryl methyl sites for hydroxylation is 1. The Morgan fingerprint density at radius 2 is 2.09 bits per heavy atom. The van der Waals surface area contributed by atoms with Gasteiger partial charge in [-0.15, -0.1) is 0 Å². The van der Waals surface area contributed by atoms with Gasteiger partial charge in [0.2, 0.25) is 5.88 Å². The fraction of sp³-hybridized carbons (Fsp3) is 0.333. The van der Waals surface area contributed by atoms with Crippen LogP contribution in [0.2, 0.25) is 0 Å². The van der Waals surface area contributed by atoms with Gasteiger partial charge < -0.3 is 15.8 Å². The van der Waals surface area contributed by atoms with E-state index in [1.807, 2.05) is 24.3 Å². The second kappa shape index (κ2) is 8.78. The summed E-state index contributed by atoms with van der Waals surface area (Å²) in [6.45, 7) is 5.35. The minimum Gasteiger partial charge on any atom is -0.478 e. The summed E-state index contributed by atoms with van der Waals surface area (Å²) in [6, 6.07) is 12.0. The molecule has 0 fully saturated rings. The van der Waals surface area contributed by atoms with E-state index < -0.39 is 0 Å². The third kappa shape index (κ3) is 5.62. The number of nitrogens with one attached hydrogen (secondary N) is 1. The highest BCUT2D eigenvalue weighted by Crippen LogP contribution is 2.11. The monoisotopic (exact) mass is 312 g/mol. The smallest absolute Gasteiger partial charge is 0.213 e. The molecule has 5 nitrogen and oxygen atoms in total. The van der Waals surface area contributed by atoms with Gasteiger partial charge in [0.25, 0.3) is 0 Å². The molecule has 0 unspecified atom stereocenters. The lowest BCUT2D eigenvalue weighted by Gasteiger charge is -2.07. The van der Waals surface area contributed by atoms with Crippen LogP contribution in [0.5, 0.6) is 5.88 Å². The van der Waals surface area contributed by atoms with E-state index in [9.17, 15) is 0 Å². The molecular formula is C18H24N4O. The zero-order valence-corrected chi connectivity index (χ0v) is 13.7. The zero-order chi connectivity index (χ0) is 16.5. The molecule has 0 saturated carbocycles. The third-order valence-corrected chi connectivity index (χ3v) is 3.29. The number of aliphatic imine (C=N–C) groups is 1. The normalized spacial score (nSPS) is 11.3. The van der Waals surface area contributed by atoms with Gasteiger partial charge in [0, 0.05) is 18.0 Å². The van der Waals surface area contributed by atoms with Crippen molar-refractivity contribution >= 4 is 11.6 Å². The molecule has 0 spiro atoms. The Kier molecular flexibility index (Phi) is 6.41. The Balaban J connectivity index is 1.90. The number of ether oxygens (including phenoxy) is 1. The van der Waals surface area contributed by atoms with E-state index in [1.54, 1.807) is 6.20 Å². The predicted octanol–water partition coefficient (Wildman–Crippen LogP) is 3.36. The van der Waals surface area contributed by atoms with Crippen LogP contribution < -0.4 is 15.8 Å². The highest BCUT2D eigenvalue weighted by atomic mass is 16.5. The minimum atomic E-state index is 0.393. The summed E-state index contributed by atoms with van der Waals surface area (Å²) < 4.78 is 5.45. The average molecular weight is 312 g/mol. The number of hydrogen-bond donors (Lipinski definition) is 2. The first-order valence-electron chi connectivity index (χ1n) is 7.95. The second-order valence-corrected chi connectivity index (χ2v) is 5.23. The molecule has 0 aliphatic carbocycles. The first-order valence-corrected chi connectivity index (χ1v) is 7.95. The van der Waals surface area contributed by atoms with Gasteiger partial charge in [0.05, 0.1) is 13.2 Å². The van der Waals surface area contributed by atoms with Crippen LogP contribution in [-0.4, -0.2) is 17.6 Å². The van der Waals surface area contributed by atoms with E-state index >= 15 is 0 Å². The first-order chi connectivity index (χ1) is 11.2. The van der Waals surface area contributed by atoms with Crippen LogP contribution in [0.3, 0.4) is 0 Å². The number of guanidine groups is 1. The predicted molar refractivity (Wildman–Crippen MR) is 94.8 cm³/mol. The lowest BCUT2D eigenvalue weighted by Crippen LogP contribution is -2.22. The van der Waals surface area contributed by atoms with Crippen molar-refractivity contribution in [3.05, 3.63) is 53.7 Å². The molecule has 3 N–H and O–H groups in total. The summed E-state index contributed by atoms with van der Waals surface area (Å²) in [5.74, 6) is 1.03. The van der Waals surface area contributed by atoms with Gasteiger partial charge in [0.15, 0.2) is 5.96 Å². The van der Waals surface area contributed by atoms with Crippen LogP contribution in [0.25, 0.3) is 0 Å². The molecule has 0 saturated heterocycles. The molecule has 0 bridgehead atoms. The zero-order valence-electron chi connectivity index (χ0n) is 13.7. The summed E-state index contributed by atoms with van der Waals surface area (Å²) >= 11 is 0. The maximum absolute atomic E-state index is 5.93. The molecule has 2 rings (SSSR count). The number of anilines is 1. The fourth-order valence-corrected chi connectivity index (χ4v) is 2.03. The summed E-state index contributed by atoms with van der Waals surface area (Å²) in [5, 5.41) is 3.11. The third-order valence-electron chi connectivity index (χ3n) is 3.29. The molecule has 1 heterocycles. The van der Waals surface area contributed by atoms with E-state index in [2.05, 4.69) is 41.3 Å². The molecule has 23 heavy (non-hydrogen) atoms. The molecule has 1 aromatic heterocycles. The van der Waals surface area contributed by atoms with Crippen LogP contribution in [0, 0.1) is 0 Å². The van der Waals surface area contributed by atoms with Gasteiger partial charge in [0.1, 0.15) is 0 Å². The number of benzene rings is 1. The number of aromatic nitrogens is 1. The number of pyridine rings is 1. The number of rotatable bonds is 7. The van der Waals surface area contributed by atoms with Crippen molar-refractivity contribution in [1.29, 1.82) is 0 Å². The standard InChI is InChI=1S/C18H24N4O/c1-3-10-23-17-9-8-15(12-20-17)13-21-18(19)22-16-7-5-6-14(4-2)11-16/h5-9,11-12H,3-4,10,13H2,1-2H3,(H3,19,21,22). The largest absolute Gasteiger partial charge is 0.478 e. The summed E-state index contributed by atoms with van der Waals surface area (Å²) in [6.07, 6.45) is 3.72. The quantitative estimate of drug-likeness (QED) is 0.607. The van der Waals surface area contributed by atoms with Crippen molar-refractivity contribution in [3.63, 3.8) is 0 Å². The summed E-state index contributed by atoms with van der Waals surface area (Å²) in [7, 11) is 0. The molecule has 0 radical (unpaired) electrons. The van der Waals surface area contributed by atoms with Gasteiger partial charge in [-0.25, -0.2) is 9.98 Å². The van der Waals surface area contributed by atoms with Gasteiger partial charge in [-0.05, 0) is 36.1 Å². The van der Waals surface area contributed by atoms with Gasteiger partial charge in [-0.1, -0.05) is 32.0 Å². The van der Waals surface area contributed by atoms with Gasteiger partial charge >= 0.3 is 0 Å². The first kappa shape index (κ1) is 16.8. The van der Waals surface area contributed by atoms with Gasteiger partial charge in [-0.2, -0.15) is 0 Å². The highest BCUT2D eigenvalue weighted by molar-refractivity contribution is 5.92. The molecule has 0 amide bonds. The fourth-order valence-electron chi connectivity index (χ4n) is 2.03. The minimum absolute atomic E-state index is 0.393. The maximum Gasteiger partial charge on any atom is 0.213 e. The van der Waals surface area contributed by atoms with Crippen molar-refractivity contribution in [3.8, 4) is 5.88 Å². The van der Waals surface area contributed by atoms with Crippen molar-refractivity contribution in [2.75, 3.05) is 11.9 Å². The number of nitrogens with two attached hydrogens (primary N) is 1. The molecule has 0 aliphatic rings. The Morgan fingerprint density at radius 1 is 1.22 bits per heavy atom. The lowest BCUT2D eigenvalue weighted by molar-refractivity contribution is 0.305. The van der Waals surface area contributed by atoms with E-state index in [0.717, 1.165) is 24.1 Å². The summed E-state index contributed by atoms with van der Waals surface area (Å²) in [4.78, 5) is 8.59. The Morgan fingerprint density at radius 3 is 2.78 bits per heavy atom. The number of nitrogens with zero attached hydrogens (tertiary/aromatic N) is 2. The van der Waals surface area contributed by atoms with Crippen molar-refractivity contribution in [2.45, 2.75) is 33.2 Å². The Hall–Kier alpha value is -2.56. The lowest BCUT2D eigenvalue weighted by atomic mass is 10.1. The second-order valence-electron chi connectivity index (χ2n) is 5.23. The van der Waals surface area contributed by atoms with Crippen LogP contribution in [0.4, 0.5) is 5.69 Å². The molecule has 0 atom stereocenters. The van der Waals surface area contributed by atoms with Crippen LogP contribution >= 0.6 is 0 Å². The molecular weight excluding hydrogens is 288 g/mol. The Bertz CT molecular complexity index is 638. The van der Waals surface area contributed by atoms with E-state index in [1.165, 1.54) is 5.56 Å². The molecule has 0 aliphatic heterocycles. The topological polar surface area (TPSA) is 72.5 Å². The van der Waals surface area contributed by atoms with Crippen LogP contribution in [-0.2, 0) is 13.0 Å². The Labute approximate surface area is 137 Å². The SMILES string of the molecule is CCCOc1ccc(CN=C(N)Nc2cccc(CC)c2)cn1. The van der Waals surface area contributed by atoms with E-state index in [-0.39, 0.29) is 0 Å². The molecule has 2 aromatic rings. The number of hydrogen-bond acceptors (Lipinski definition) is 3.